The molecule has 2 fully saturated rings. The summed E-state index contributed by atoms with van der Waals surface area (Å²) in [7, 11) is 0. The van der Waals surface area contributed by atoms with Crippen molar-refractivity contribution in [2.75, 3.05) is 29.9 Å². The molecule has 3 aliphatic rings. The predicted molar refractivity (Wildman–Crippen MR) is 107 cm³/mol. The van der Waals surface area contributed by atoms with E-state index in [0.29, 0.717) is 18.3 Å². The first-order valence-corrected chi connectivity index (χ1v) is 10.2. The van der Waals surface area contributed by atoms with E-state index in [2.05, 4.69) is 15.5 Å². The smallest absolute Gasteiger partial charge is 0.241 e. The zero-order chi connectivity index (χ0) is 19.7. The molecule has 0 aromatic heterocycles. The van der Waals surface area contributed by atoms with Crippen molar-refractivity contribution in [1.82, 2.24) is 10.2 Å². The number of hydrogen-bond donors (Lipinski definition) is 2. The summed E-state index contributed by atoms with van der Waals surface area (Å²) in [5.41, 5.74) is 1.44. The van der Waals surface area contributed by atoms with Gasteiger partial charge in [-0.2, -0.15) is 0 Å². The number of hydrogen-bond acceptors (Lipinski definition) is 4. The Morgan fingerprint density at radius 3 is 2.57 bits per heavy atom. The molecule has 1 saturated heterocycles. The van der Waals surface area contributed by atoms with E-state index < -0.39 is 0 Å². The van der Waals surface area contributed by atoms with Gasteiger partial charge in [-0.15, -0.1) is 0 Å². The van der Waals surface area contributed by atoms with Crippen LogP contribution in [0.1, 0.15) is 39.0 Å². The molecule has 7 nitrogen and oxygen atoms in total. The van der Waals surface area contributed by atoms with Gasteiger partial charge in [-0.05, 0) is 57.8 Å². The summed E-state index contributed by atoms with van der Waals surface area (Å²) in [5, 5.41) is 5.98. The van der Waals surface area contributed by atoms with Gasteiger partial charge >= 0.3 is 0 Å². The van der Waals surface area contributed by atoms with Crippen LogP contribution in [-0.4, -0.2) is 54.3 Å². The molecule has 2 N–H and O–H groups in total. The highest BCUT2D eigenvalue weighted by atomic mass is 16.2. The van der Waals surface area contributed by atoms with Crippen LogP contribution in [0.4, 0.5) is 11.4 Å². The molecule has 3 amide bonds. The van der Waals surface area contributed by atoms with Gasteiger partial charge in [0.05, 0.1) is 17.9 Å². The van der Waals surface area contributed by atoms with Crippen LogP contribution in [0.25, 0.3) is 0 Å². The van der Waals surface area contributed by atoms with Gasteiger partial charge < -0.3 is 15.5 Å². The summed E-state index contributed by atoms with van der Waals surface area (Å²) < 4.78 is 0. The number of para-hydroxylation sites is 2. The Kier molecular flexibility index (Phi) is 5.35. The van der Waals surface area contributed by atoms with Gasteiger partial charge in [-0.1, -0.05) is 12.1 Å². The number of carbonyl (C=O) groups excluding carboxylic acids is 3. The first-order valence-electron chi connectivity index (χ1n) is 10.2. The molecular formula is C21H28N4O3. The van der Waals surface area contributed by atoms with Crippen molar-refractivity contribution in [2.24, 2.45) is 5.92 Å². The Morgan fingerprint density at radius 1 is 1.14 bits per heavy atom. The molecule has 0 radical (unpaired) electrons. The number of nitrogens with zero attached hydrogens (tertiary/aromatic N) is 2. The van der Waals surface area contributed by atoms with Crippen LogP contribution >= 0.6 is 0 Å². The molecule has 0 spiro atoms. The first-order chi connectivity index (χ1) is 13.5. The highest BCUT2D eigenvalue weighted by molar-refractivity contribution is 6.04. The third-order valence-electron chi connectivity index (χ3n) is 5.87. The minimum absolute atomic E-state index is 0.00247. The lowest BCUT2D eigenvalue weighted by molar-refractivity contribution is -0.126. The maximum Gasteiger partial charge on any atom is 0.241 e. The minimum Gasteiger partial charge on any atom is -0.353 e. The second-order valence-electron chi connectivity index (χ2n) is 8.22. The highest BCUT2D eigenvalue weighted by Gasteiger charge is 2.33. The highest BCUT2D eigenvalue weighted by Crippen LogP contribution is 2.31. The van der Waals surface area contributed by atoms with E-state index in [1.807, 2.05) is 31.2 Å². The SMILES string of the molecule is CC1CC(=O)Nc2ccccc2N1C(=O)CN1CCC(C(=O)NC2CC2)CC1. The Labute approximate surface area is 165 Å². The molecule has 2 heterocycles. The molecule has 0 bridgehead atoms. The largest absolute Gasteiger partial charge is 0.353 e. The van der Waals surface area contributed by atoms with E-state index in [1.54, 1.807) is 4.90 Å². The lowest BCUT2D eigenvalue weighted by Gasteiger charge is -2.34. The third kappa shape index (κ3) is 4.19. The van der Waals surface area contributed by atoms with Crippen LogP contribution in [0.3, 0.4) is 0 Å². The maximum atomic E-state index is 13.1. The van der Waals surface area contributed by atoms with Gasteiger partial charge in [0.2, 0.25) is 17.7 Å². The number of carbonyl (C=O) groups is 3. The minimum atomic E-state index is -0.196. The summed E-state index contributed by atoms with van der Waals surface area (Å²) in [6, 6.07) is 7.65. The summed E-state index contributed by atoms with van der Waals surface area (Å²) in [4.78, 5) is 41.3. The molecular weight excluding hydrogens is 356 g/mol. The fourth-order valence-electron chi connectivity index (χ4n) is 4.14. The molecule has 7 heteroatoms. The Morgan fingerprint density at radius 2 is 1.86 bits per heavy atom. The second kappa shape index (κ2) is 7.91. The van der Waals surface area contributed by atoms with Gasteiger partial charge in [0.15, 0.2) is 0 Å². The number of piperidine rings is 1. The number of anilines is 2. The summed E-state index contributed by atoms with van der Waals surface area (Å²) in [6.45, 7) is 3.71. The standard InChI is InChI=1S/C21H28N4O3/c1-14-12-19(26)23-17-4-2-3-5-18(17)25(14)20(27)13-24-10-8-15(9-11-24)21(28)22-16-6-7-16/h2-5,14-16H,6-13H2,1H3,(H,22,28)(H,23,26). The van der Waals surface area contributed by atoms with Crippen molar-refractivity contribution in [3.63, 3.8) is 0 Å². The fraction of sp³-hybridized carbons (Fsp3) is 0.571. The first kappa shape index (κ1) is 18.9. The lowest BCUT2D eigenvalue weighted by atomic mass is 9.96. The van der Waals surface area contributed by atoms with Gasteiger partial charge in [0, 0.05) is 24.4 Å². The van der Waals surface area contributed by atoms with Crippen LogP contribution < -0.4 is 15.5 Å². The average Bonchev–Trinajstić information content (AvgIpc) is 3.48. The lowest BCUT2D eigenvalue weighted by Crippen LogP contribution is -2.48. The molecule has 1 atom stereocenters. The van der Waals surface area contributed by atoms with E-state index >= 15 is 0 Å². The number of rotatable bonds is 4. The van der Waals surface area contributed by atoms with Gasteiger partial charge in [-0.3, -0.25) is 19.3 Å². The van der Waals surface area contributed by atoms with Crippen molar-refractivity contribution in [2.45, 2.75) is 51.1 Å². The Bertz CT molecular complexity index is 769. The maximum absolute atomic E-state index is 13.1. The monoisotopic (exact) mass is 384 g/mol. The zero-order valence-electron chi connectivity index (χ0n) is 16.3. The average molecular weight is 384 g/mol. The van der Waals surface area contributed by atoms with Crippen molar-refractivity contribution in [3.05, 3.63) is 24.3 Å². The van der Waals surface area contributed by atoms with Crippen LogP contribution in [0.5, 0.6) is 0 Å². The molecule has 1 aromatic rings. The van der Waals surface area contributed by atoms with E-state index in [4.69, 9.17) is 0 Å². The van der Waals surface area contributed by atoms with E-state index in [9.17, 15) is 14.4 Å². The van der Waals surface area contributed by atoms with Crippen LogP contribution in [0, 0.1) is 5.92 Å². The van der Waals surface area contributed by atoms with Gasteiger partial charge in [0.1, 0.15) is 0 Å². The molecule has 1 aliphatic carbocycles. The Balaban J connectivity index is 1.38. The van der Waals surface area contributed by atoms with E-state index in [0.717, 1.165) is 44.5 Å². The van der Waals surface area contributed by atoms with Crippen molar-refractivity contribution in [1.29, 1.82) is 0 Å². The fourth-order valence-corrected chi connectivity index (χ4v) is 4.14. The predicted octanol–water partition coefficient (Wildman–Crippen LogP) is 1.74. The zero-order valence-corrected chi connectivity index (χ0v) is 16.3. The van der Waals surface area contributed by atoms with Crippen LogP contribution in [-0.2, 0) is 14.4 Å². The number of amides is 3. The summed E-state index contributed by atoms with van der Waals surface area (Å²) >= 11 is 0. The molecule has 1 aromatic carbocycles. The molecule has 150 valence electrons. The topological polar surface area (TPSA) is 81.8 Å². The Hall–Kier alpha value is -2.41. The molecule has 2 aliphatic heterocycles. The second-order valence-corrected chi connectivity index (χ2v) is 8.22. The van der Waals surface area contributed by atoms with Crippen molar-refractivity contribution in [3.8, 4) is 0 Å². The third-order valence-corrected chi connectivity index (χ3v) is 5.87. The van der Waals surface area contributed by atoms with E-state index in [1.165, 1.54) is 0 Å². The normalized spacial score (nSPS) is 23.5. The van der Waals surface area contributed by atoms with E-state index in [-0.39, 0.29) is 36.1 Å². The molecule has 28 heavy (non-hydrogen) atoms. The summed E-state index contributed by atoms with van der Waals surface area (Å²) in [5.74, 6) is 0.162. The van der Waals surface area contributed by atoms with Gasteiger partial charge in [0.25, 0.3) is 0 Å². The van der Waals surface area contributed by atoms with Crippen molar-refractivity contribution < 1.29 is 14.4 Å². The molecule has 1 unspecified atom stereocenters. The number of fused-ring (bicyclic) bond motifs is 1. The quantitative estimate of drug-likeness (QED) is 0.829. The molecule has 1 saturated carbocycles. The number of benzene rings is 1. The number of nitrogens with one attached hydrogen (secondary N) is 2. The van der Waals surface area contributed by atoms with Crippen molar-refractivity contribution >= 4 is 29.1 Å². The van der Waals surface area contributed by atoms with Crippen LogP contribution in [0.2, 0.25) is 0 Å². The summed E-state index contributed by atoms with van der Waals surface area (Å²) in [6.07, 6.45) is 4.07. The number of likely N-dealkylation sites (tertiary alicyclic amines) is 1. The van der Waals surface area contributed by atoms with Crippen LogP contribution in [0.15, 0.2) is 24.3 Å². The van der Waals surface area contributed by atoms with Gasteiger partial charge in [-0.25, -0.2) is 0 Å². The molecule has 4 rings (SSSR count).